The largest absolute Gasteiger partial charge is 0.456 e. The molecule has 322 valence electrons. The molecule has 3 aliphatic rings. The van der Waals surface area contributed by atoms with Crippen LogP contribution in [0.15, 0.2) is 59.0 Å². The van der Waals surface area contributed by atoms with E-state index in [-0.39, 0.29) is 36.3 Å². The highest BCUT2D eigenvalue weighted by molar-refractivity contribution is 8.08. The number of morpholine rings is 1. The average Bonchev–Trinajstić information content (AvgIpc) is 3.20. The maximum atomic E-state index is 14.3. The van der Waals surface area contributed by atoms with Crippen molar-refractivity contribution in [3.8, 4) is 22.5 Å². The van der Waals surface area contributed by atoms with Gasteiger partial charge in [0.2, 0.25) is 5.36 Å². The van der Waals surface area contributed by atoms with Gasteiger partial charge in [-0.25, -0.2) is 9.83 Å². The van der Waals surface area contributed by atoms with Gasteiger partial charge in [0.1, 0.15) is 24.1 Å². The monoisotopic (exact) mass is 920 g/mol. The molecule has 5 rings (SSSR count). The molecule has 1 aliphatic carbocycles. The van der Waals surface area contributed by atoms with Gasteiger partial charge in [0, 0.05) is 90.8 Å². The van der Waals surface area contributed by atoms with Gasteiger partial charge >= 0.3 is 13.6 Å². The van der Waals surface area contributed by atoms with E-state index in [1.165, 1.54) is 18.2 Å². The van der Waals surface area contributed by atoms with Crippen molar-refractivity contribution < 1.29 is 69.0 Å². The van der Waals surface area contributed by atoms with E-state index in [9.17, 15) is 36.2 Å². The van der Waals surface area contributed by atoms with Gasteiger partial charge in [-0.05, 0) is 63.7 Å². The first-order valence-electron chi connectivity index (χ1n) is 18.3. The number of hydrogen-bond acceptors (Lipinski definition) is 14. The Balaban J connectivity index is 1.62. The highest BCUT2D eigenvalue weighted by Crippen LogP contribution is 2.48. The van der Waals surface area contributed by atoms with E-state index < -0.39 is 37.6 Å². The molecule has 0 bridgehead atoms. The summed E-state index contributed by atoms with van der Waals surface area (Å²) in [6.45, 7) is 1.67. The van der Waals surface area contributed by atoms with Crippen LogP contribution in [0.4, 0.5) is 9.88 Å². The molecule has 2 aromatic carbocycles. The van der Waals surface area contributed by atoms with Crippen LogP contribution in [-0.4, -0.2) is 111 Å². The first kappa shape index (κ1) is 47.0. The molecule has 0 aromatic heterocycles. The van der Waals surface area contributed by atoms with Crippen molar-refractivity contribution in [3.63, 3.8) is 0 Å². The number of fused-ring (bicyclic) bond motifs is 2. The number of benzene rings is 3. The van der Waals surface area contributed by atoms with Gasteiger partial charge in [0.15, 0.2) is 6.54 Å². The lowest BCUT2D eigenvalue weighted by atomic mass is 9.90. The van der Waals surface area contributed by atoms with Crippen molar-refractivity contribution >= 4 is 80.7 Å². The van der Waals surface area contributed by atoms with Crippen LogP contribution < -0.4 is 20.1 Å². The summed E-state index contributed by atoms with van der Waals surface area (Å²) in [5.41, 5.74) is 2.75. The van der Waals surface area contributed by atoms with Gasteiger partial charge < -0.3 is 32.9 Å². The van der Waals surface area contributed by atoms with Crippen LogP contribution in [0.1, 0.15) is 36.0 Å². The molecule has 17 nitrogen and oxygen atoms in total. The Labute approximate surface area is 348 Å². The second kappa shape index (κ2) is 21.6. The summed E-state index contributed by atoms with van der Waals surface area (Å²) < 4.78 is 87.5. The van der Waals surface area contributed by atoms with E-state index in [4.69, 9.17) is 18.9 Å². The van der Waals surface area contributed by atoms with Crippen molar-refractivity contribution in [2.45, 2.75) is 25.7 Å². The molecule has 0 saturated carbocycles. The molecule has 23 heteroatoms. The molecular weight excluding hydrogens is 874 g/mol. The maximum absolute atomic E-state index is 14.3. The fourth-order valence-corrected chi connectivity index (χ4v) is 9.05. The van der Waals surface area contributed by atoms with Gasteiger partial charge in [-0.1, -0.05) is 11.5 Å². The molecular formula is C36H46FN3O14P3S2+. The van der Waals surface area contributed by atoms with Gasteiger partial charge in [0.05, 0.1) is 31.2 Å². The highest BCUT2D eigenvalue weighted by Gasteiger charge is 2.30. The van der Waals surface area contributed by atoms with Gasteiger partial charge in [-0.2, -0.15) is 12.6 Å². The lowest BCUT2D eigenvalue weighted by Crippen LogP contribution is -2.41. The van der Waals surface area contributed by atoms with Crippen LogP contribution in [0.5, 0.6) is 0 Å². The predicted octanol–water partition coefficient (Wildman–Crippen LogP) is 5.47. The van der Waals surface area contributed by atoms with E-state index in [2.05, 4.69) is 13.9 Å². The summed E-state index contributed by atoms with van der Waals surface area (Å²) in [5.74, 6) is -0.737. The van der Waals surface area contributed by atoms with Gasteiger partial charge in [0.25, 0.3) is 24.2 Å². The van der Waals surface area contributed by atoms with E-state index in [1.807, 2.05) is 24.1 Å². The fourth-order valence-electron chi connectivity index (χ4n) is 6.36. The number of carbonyl (C=O) groups is 2. The van der Waals surface area contributed by atoms with Crippen molar-refractivity contribution in [1.29, 1.82) is 0 Å². The molecule has 3 atom stereocenters. The van der Waals surface area contributed by atoms with Crippen LogP contribution in [0.25, 0.3) is 33.4 Å². The molecule has 2 heterocycles. The number of nitrogens with zero attached hydrogens (tertiary/aromatic N) is 3. The summed E-state index contributed by atoms with van der Waals surface area (Å²) in [6, 6.07) is 15.0. The third-order valence-corrected chi connectivity index (χ3v) is 12.8. The topological polar surface area (TPSA) is 215 Å². The number of rotatable bonds is 20. The zero-order chi connectivity index (χ0) is 42.7. The molecule has 3 unspecified atom stereocenters. The molecule has 3 N–H and O–H groups in total. The van der Waals surface area contributed by atoms with Crippen molar-refractivity contribution in [1.82, 2.24) is 9.48 Å². The molecule has 2 aromatic rings. The minimum Gasteiger partial charge on any atom is -0.456 e. The summed E-state index contributed by atoms with van der Waals surface area (Å²) in [5, 5.41) is 13.2. The number of unbranched alkanes of at least 4 members (excludes halogenated alkanes) is 2. The second-order valence-corrected chi connectivity index (χ2v) is 19.6. The van der Waals surface area contributed by atoms with Crippen LogP contribution in [0.3, 0.4) is 0 Å². The van der Waals surface area contributed by atoms with Crippen molar-refractivity contribution in [2.24, 2.45) is 0 Å². The summed E-state index contributed by atoms with van der Waals surface area (Å²) >= 11 is 0.900. The Morgan fingerprint density at radius 1 is 1.08 bits per heavy atom. The van der Waals surface area contributed by atoms with Crippen LogP contribution in [0, 0.1) is 0 Å². The highest BCUT2D eigenvalue weighted by atomic mass is 32.2. The zero-order valence-electron chi connectivity index (χ0n) is 32.2. The van der Waals surface area contributed by atoms with E-state index in [1.54, 1.807) is 49.7 Å². The van der Waals surface area contributed by atoms with E-state index in [0.717, 1.165) is 17.7 Å². The number of halogens is 1. The van der Waals surface area contributed by atoms with Crippen molar-refractivity contribution in [2.75, 3.05) is 76.5 Å². The Hall–Kier alpha value is -3.09. The first-order valence-corrected chi connectivity index (χ1v) is 25.2. The van der Waals surface area contributed by atoms with Crippen LogP contribution >= 0.6 is 36.7 Å². The predicted molar refractivity (Wildman–Crippen MR) is 226 cm³/mol. The zero-order valence-corrected chi connectivity index (χ0v) is 36.8. The van der Waals surface area contributed by atoms with E-state index in [0.29, 0.717) is 96.6 Å². The minimum absolute atomic E-state index is 0.00454. The Morgan fingerprint density at radius 2 is 1.85 bits per heavy atom. The Bertz CT molecular complexity index is 2310. The Morgan fingerprint density at radius 3 is 2.56 bits per heavy atom. The van der Waals surface area contributed by atoms with Gasteiger partial charge in [-0.15, -0.1) is 4.33 Å². The van der Waals surface area contributed by atoms with Crippen LogP contribution in [-0.2, 0) is 42.6 Å². The molecule has 0 spiro atoms. The standard InChI is InChI=1S/C36H45FN3O14P3S2/c1-38(15-20-58-54-53-43)25-7-10-29-32(22-25)51-33-23-26(39(2)16-21-59(46,47)48)8-11-30(33)35(29)31-24-27(9-12-28(31)36(42)40-13-18-49-19-14-40)57(44,45)50-17-5-3-4-6-34(41)52-56(37)55/h7-12,22-24H,3-6,13-21,55H2,1-2H3,(H2-,43,44,45,46,47,48)/p+1. The molecule has 0 radical (unpaired) electrons. The third-order valence-electron chi connectivity index (χ3n) is 9.45. The Kier molecular flexibility index (Phi) is 17.2. The second-order valence-electron chi connectivity index (χ2n) is 13.5. The number of amides is 1. The smallest absolute Gasteiger partial charge is 0.358 e. The van der Waals surface area contributed by atoms with E-state index >= 15 is 0 Å². The minimum atomic E-state index is -4.49. The summed E-state index contributed by atoms with van der Waals surface area (Å²) in [7, 11) is -5.82. The number of hydrogen-bond donors (Lipinski definition) is 3. The first-order chi connectivity index (χ1) is 28.1. The van der Waals surface area contributed by atoms with Crippen LogP contribution in [0.2, 0.25) is 0 Å². The third kappa shape index (κ3) is 13.2. The SMILES string of the molecule is CN(CCSOOO)c1ccc2c(-c3cc(P(=O)(O)OCCCCCC(=O)OP(F)P)ccc3C(=O)N3CCOCC3)c3ccc(=[N+](C)CCS(=O)(=O)O)cc-3oc2c1. The molecule has 59 heavy (non-hydrogen) atoms. The summed E-state index contributed by atoms with van der Waals surface area (Å²) in [4.78, 5) is 40.8. The quantitative estimate of drug-likeness (QED) is 0.0146. The molecule has 2 aliphatic heterocycles. The molecule has 1 saturated heterocycles. The molecule has 1 amide bonds. The lowest BCUT2D eigenvalue weighted by Gasteiger charge is -2.28. The van der Waals surface area contributed by atoms with Crippen molar-refractivity contribution in [3.05, 3.63) is 65.5 Å². The summed E-state index contributed by atoms with van der Waals surface area (Å²) in [6.07, 6.45) is 1.15. The maximum Gasteiger partial charge on any atom is 0.358 e. The normalized spacial score (nSPS) is 15.5. The number of carbonyl (C=O) groups excluding carboxylic acids is 2. The van der Waals surface area contributed by atoms with Gasteiger partial charge in [-0.3, -0.25) is 18.7 Å². The fraction of sp³-hybridized carbons (Fsp3) is 0.417. The number of ether oxygens (including phenoxy) is 1. The molecule has 1 fully saturated rings. The lowest BCUT2D eigenvalue weighted by molar-refractivity contribution is -0.432. The number of anilines is 1. The average molecular weight is 921 g/mol.